The van der Waals surface area contributed by atoms with E-state index in [0.29, 0.717) is 43.5 Å². The summed E-state index contributed by atoms with van der Waals surface area (Å²) in [6, 6.07) is 9.21. The van der Waals surface area contributed by atoms with E-state index in [1.54, 1.807) is 26.1 Å². The number of aromatic nitrogens is 1. The second-order valence-corrected chi connectivity index (χ2v) is 16.4. The number of likely N-dealkylation sites (tertiary alicyclic amines) is 1. The van der Waals surface area contributed by atoms with E-state index in [1.807, 2.05) is 58.6 Å². The minimum absolute atomic E-state index is 0.0221. The Kier molecular flexibility index (Phi) is 11.0. The maximum atomic E-state index is 15.8. The number of benzene rings is 2. The quantitative estimate of drug-likeness (QED) is 0.193. The number of hydrogen-bond acceptors (Lipinski definition) is 4. The number of rotatable bonds is 12. The molecule has 51 heavy (non-hydrogen) atoms. The first-order valence-corrected chi connectivity index (χ1v) is 18.5. The van der Waals surface area contributed by atoms with Crippen LogP contribution < -0.4 is 16.2 Å². The predicted octanol–water partition coefficient (Wildman–Crippen LogP) is 7.27. The van der Waals surface area contributed by atoms with E-state index in [-0.39, 0.29) is 30.4 Å². The Labute approximate surface area is 302 Å². The summed E-state index contributed by atoms with van der Waals surface area (Å²) in [5.74, 6) is -4.27. The second-order valence-electron chi connectivity index (χ2n) is 15.4. The number of piperidine rings is 1. The van der Waals surface area contributed by atoms with E-state index >= 15 is 4.39 Å². The lowest BCUT2D eigenvalue weighted by atomic mass is 9.89. The summed E-state index contributed by atoms with van der Waals surface area (Å²) in [5.41, 5.74) is 4.29. The van der Waals surface area contributed by atoms with Gasteiger partial charge in [-0.3, -0.25) is 14.4 Å². The van der Waals surface area contributed by atoms with Crippen molar-refractivity contribution < 1.29 is 22.8 Å². The first kappa shape index (κ1) is 38.7. The molecule has 1 aliphatic heterocycles. The number of hydrogen-bond donors (Lipinski definition) is 2. The summed E-state index contributed by atoms with van der Waals surface area (Å²) in [4.78, 5) is 42.8. The lowest BCUT2D eigenvalue weighted by molar-refractivity contribution is -0.124. The van der Waals surface area contributed by atoms with Crippen molar-refractivity contribution in [3.05, 3.63) is 92.1 Å². The third kappa shape index (κ3) is 7.15. The lowest BCUT2D eigenvalue weighted by Gasteiger charge is -2.32. The van der Waals surface area contributed by atoms with Gasteiger partial charge in [-0.05, 0) is 112 Å². The molecular formula is C40H52F3N4O3P. The van der Waals surface area contributed by atoms with E-state index in [9.17, 15) is 23.2 Å². The van der Waals surface area contributed by atoms with Gasteiger partial charge in [-0.15, -0.1) is 9.24 Å². The van der Waals surface area contributed by atoms with Crippen LogP contribution in [0.2, 0.25) is 0 Å². The van der Waals surface area contributed by atoms with E-state index in [4.69, 9.17) is 0 Å². The van der Waals surface area contributed by atoms with Gasteiger partial charge in [-0.25, -0.2) is 13.2 Å². The highest BCUT2D eigenvalue weighted by molar-refractivity contribution is 7.20. The van der Waals surface area contributed by atoms with Crippen LogP contribution in [-0.2, 0) is 11.3 Å². The van der Waals surface area contributed by atoms with Gasteiger partial charge in [0.15, 0.2) is 0 Å². The van der Waals surface area contributed by atoms with Gasteiger partial charge in [0, 0.05) is 31.4 Å². The Balaban J connectivity index is 1.31. The number of aryl methyl sites for hydroxylation is 4. The Morgan fingerprint density at radius 1 is 1.00 bits per heavy atom. The molecule has 1 saturated carbocycles. The largest absolute Gasteiger partial charge is 0.347 e. The van der Waals surface area contributed by atoms with Crippen LogP contribution in [0.15, 0.2) is 47.4 Å². The molecule has 5 atom stereocenters. The SMILES string of the molecule is CCC(NC(=O)[C@H](CC(C)C)NC(=O)c1cccn(CCN2CCC3(P)C(F)(F)C3(C)C2)c1=O)c1cc(-c2c(C)cc(C)cc2C)cc(C)c1F. The predicted molar refractivity (Wildman–Crippen MR) is 200 cm³/mol. The van der Waals surface area contributed by atoms with Crippen molar-refractivity contribution in [2.45, 2.75) is 104 Å². The van der Waals surface area contributed by atoms with Crippen LogP contribution >= 0.6 is 9.24 Å². The van der Waals surface area contributed by atoms with Crippen LogP contribution in [0.4, 0.5) is 13.2 Å². The molecule has 0 spiro atoms. The van der Waals surface area contributed by atoms with Crippen LogP contribution in [0.25, 0.3) is 11.1 Å². The fraction of sp³-hybridized carbons (Fsp3) is 0.525. The molecule has 1 aromatic heterocycles. The molecule has 1 saturated heterocycles. The highest BCUT2D eigenvalue weighted by Crippen LogP contribution is 2.76. The number of pyridine rings is 1. The highest BCUT2D eigenvalue weighted by Gasteiger charge is 2.87. The van der Waals surface area contributed by atoms with Crippen LogP contribution in [0.5, 0.6) is 0 Å². The van der Waals surface area contributed by atoms with Crippen molar-refractivity contribution in [2.24, 2.45) is 11.3 Å². The van der Waals surface area contributed by atoms with E-state index in [0.717, 1.165) is 27.8 Å². The minimum atomic E-state index is -2.75. The van der Waals surface area contributed by atoms with Crippen molar-refractivity contribution in [2.75, 3.05) is 19.6 Å². The lowest BCUT2D eigenvalue weighted by Crippen LogP contribution is -2.49. The number of carbonyl (C=O) groups is 2. The molecule has 2 aromatic carbocycles. The van der Waals surface area contributed by atoms with E-state index in [1.165, 1.54) is 10.6 Å². The van der Waals surface area contributed by atoms with Crippen LogP contribution in [-0.4, -0.2) is 58.0 Å². The normalized spacial score (nSPS) is 22.3. The van der Waals surface area contributed by atoms with Gasteiger partial charge >= 0.3 is 0 Å². The molecule has 2 amide bonds. The summed E-state index contributed by atoms with van der Waals surface area (Å²) in [7, 11) is 2.37. The molecule has 0 radical (unpaired) electrons. The van der Waals surface area contributed by atoms with Gasteiger partial charge < -0.3 is 20.1 Å². The molecule has 276 valence electrons. The van der Waals surface area contributed by atoms with Crippen LogP contribution in [0, 0.1) is 44.8 Å². The molecule has 4 unspecified atom stereocenters. The Hall–Kier alpha value is -3.49. The van der Waals surface area contributed by atoms with Crippen molar-refractivity contribution in [3.63, 3.8) is 0 Å². The Morgan fingerprint density at radius 3 is 2.27 bits per heavy atom. The monoisotopic (exact) mass is 724 g/mol. The zero-order chi connectivity index (χ0) is 37.6. The molecule has 0 bridgehead atoms. The first-order valence-electron chi connectivity index (χ1n) is 17.9. The molecule has 2 N–H and O–H groups in total. The summed E-state index contributed by atoms with van der Waals surface area (Å²) in [6.07, 6.45) is 2.63. The summed E-state index contributed by atoms with van der Waals surface area (Å²) in [5, 5.41) is 4.70. The number of nitrogens with one attached hydrogen (secondary N) is 2. The van der Waals surface area contributed by atoms with E-state index < -0.39 is 46.0 Å². The standard InChI is InChI=1S/C40H52F3N4O3P/c1-9-31(30-21-28(20-27(7)34(30)41)33-25(5)18-24(4)19-26(33)6)44-36(49)32(17-23(2)3)45-35(48)29-11-10-13-47(37(29)50)16-15-46-14-12-39(51)38(8,22-46)40(39,42)43/h10-11,13,18-21,23,31-32H,9,12,14-17,22,51H2,1-8H3,(H,44,49)(H,45,48)/t31?,32-,38?,39?/m0/s1. The summed E-state index contributed by atoms with van der Waals surface area (Å²) < 4.78 is 46.3. The van der Waals surface area contributed by atoms with Crippen molar-refractivity contribution in [3.8, 4) is 11.1 Å². The zero-order valence-corrected chi connectivity index (χ0v) is 32.2. The number of alkyl halides is 2. The molecule has 2 fully saturated rings. The maximum Gasteiger partial charge on any atom is 0.265 e. The fourth-order valence-electron chi connectivity index (χ4n) is 8.09. The van der Waals surface area contributed by atoms with Gasteiger partial charge in [0.25, 0.3) is 17.4 Å². The van der Waals surface area contributed by atoms with Crippen molar-refractivity contribution in [1.82, 2.24) is 20.1 Å². The maximum absolute atomic E-state index is 15.8. The topological polar surface area (TPSA) is 83.4 Å². The van der Waals surface area contributed by atoms with E-state index in [2.05, 4.69) is 32.0 Å². The van der Waals surface area contributed by atoms with Gasteiger partial charge in [-0.1, -0.05) is 45.4 Å². The molecule has 11 heteroatoms. The molecule has 3 aromatic rings. The second kappa shape index (κ2) is 14.5. The molecule has 2 heterocycles. The van der Waals surface area contributed by atoms with Gasteiger partial charge in [0.1, 0.15) is 17.4 Å². The van der Waals surface area contributed by atoms with Gasteiger partial charge in [0.05, 0.1) is 16.6 Å². The smallest absolute Gasteiger partial charge is 0.265 e. The third-order valence-corrected chi connectivity index (χ3v) is 12.4. The van der Waals surface area contributed by atoms with Crippen LogP contribution in [0.1, 0.15) is 91.2 Å². The summed E-state index contributed by atoms with van der Waals surface area (Å²) in [6.45, 7) is 16.5. The summed E-state index contributed by atoms with van der Waals surface area (Å²) >= 11 is 0. The Bertz CT molecular complexity index is 1870. The van der Waals surface area contributed by atoms with Crippen LogP contribution in [0.3, 0.4) is 0 Å². The van der Waals surface area contributed by atoms with Gasteiger partial charge in [-0.2, -0.15) is 0 Å². The molecule has 1 aliphatic carbocycles. The van der Waals surface area contributed by atoms with Crippen molar-refractivity contribution in [1.29, 1.82) is 0 Å². The number of nitrogens with zero attached hydrogens (tertiary/aromatic N) is 2. The zero-order valence-electron chi connectivity index (χ0n) is 31.1. The number of carbonyl (C=O) groups excluding carboxylic acids is 2. The fourth-order valence-corrected chi connectivity index (χ4v) is 8.74. The number of halogens is 3. The number of amides is 2. The molecule has 5 rings (SSSR count). The average Bonchev–Trinajstić information content (AvgIpc) is 3.41. The first-order chi connectivity index (χ1) is 23.8. The highest BCUT2D eigenvalue weighted by atomic mass is 31.0. The molecule has 2 aliphatic rings. The minimum Gasteiger partial charge on any atom is -0.347 e. The van der Waals surface area contributed by atoms with Crippen molar-refractivity contribution >= 4 is 21.1 Å². The average molecular weight is 725 g/mol. The van der Waals surface area contributed by atoms with Gasteiger partial charge in [0.2, 0.25) is 5.91 Å². The Morgan fingerprint density at radius 2 is 1.67 bits per heavy atom. The molecular weight excluding hydrogens is 672 g/mol. The number of fused-ring (bicyclic) bond motifs is 1. The molecule has 7 nitrogen and oxygen atoms in total. The third-order valence-electron chi connectivity index (χ3n) is 11.1.